The molecule has 1 aromatic heterocycles. The fourth-order valence-corrected chi connectivity index (χ4v) is 6.43. The molecule has 1 fully saturated rings. The molecule has 152 valence electrons. The van der Waals surface area contributed by atoms with Crippen molar-refractivity contribution >= 4 is 49.1 Å². The van der Waals surface area contributed by atoms with E-state index in [0.717, 1.165) is 15.8 Å². The van der Waals surface area contributed by atoms with Crippen molar-refractivity contribution in [3.05, 3.63) is 57.9 Å². The Morgan fingerprint density at radius 2 is 1.93 bits per heavy atom. The molecule has 9 heteroatoms. The number of carbonyl (C=O) groups excluding carboxylic acids is 1. The second-order valence-corrected chi connectivity index (χ2v) is 10.4. The summed E-state index contributed by atoms with van der Waals surface area (Å²) in [6, 6.07) is 11.3. The quantitative estimate of drug-likeness (QED) is 0.614. The average Bonchev–Trinajstić information content (AvgIpc) is 3.28. The van der Waals surface area contributed by atoms with Crippen LogP contribution in [-0.4, -0.2) is 35.8 Å². The number of carbonyl (C=O) groups is 1. The van der Waals surface area contributed by atoms with Crippen LogP contribution in [0.2, 0.25) is 5.02 Å². The lowest BCUT2D eigenvalue weighted by atomic mass is 10.2. The number of sulfonamides is 1. The Hall–Kier alpha value is -2.00. The van der Waals surface area contributed by atoms with Gasteiger partial charge in [0.1, 0.15) is 6.04 Å². The number of halogens is 1. The number of hydrogen-bond donors (Lipinski definition) is 0. The van der Waals surface area contributed by atoms with Gasteiger partial charge in [-0.2, -0.15) is 9.30 Å². The maximum absolute atomic E-state index is 13.0. The molecule has 0 saturated carbocycles. The van der Waals surface area contributed by atoms with Gasteiger partial charge in [0, 0.05) is 18.6 Å². The lowest BCUT2D eigenvalue weighted by Gasteiger charge is -2.21. The zero-order valence-corrected chi connectivity index (χ0v) is 18.4. The third-order valence-electron chi connectivity index (χ3n) is 5.08. The van der Waals surface area contributed by atoms with Crippen molar-refractivity contribution in [2.75, 3.05) is 6.54 Å². The molecule has 4 rings (SSSR count). The van der Waals surface area contributed by atoms with E-state index in [1.807, 2.05) is 30.7 Å². The van der Waals surface area contributed by atoms with Crippen LogP contribution in [-0.2, 0) is 21.9 Å². The molecule has 0 radical (unpaired) electrons. The molecule has 1 aliphatic rings. The highest BCUT2D eigenvalue weighted by molar-refractivity contribution is 7.89. The number of hydrogen-bond acceptors (Lipinski definition) is 4. The molecule has 29 heavy (non-hydrogen) atoms. The summed E-state index contributed by atoms with van der Waals surface area (Å²) in [5, 5.41) is 0.459. The van der Waals surface area contributed by atoms with Crippen molar-refractivity contribution in [1.29, 1.82) is 0 Å². The molecule has 2 heterocycles. The fourth-order valence-electron chi connectivity index (χ4n) is 3.53. The van der Waals surface area contributed by atoms with E-state index >= 15 is 0 Å². The predicted octanol–water partition coefficient (Wildman–Crippen LogP) is 3.48. The summed E-state index contributed by atoms with van der Waals surface area (Å²) >= 11 is 7.29. The summed E-state index contributed by atoms with van der Waals surface area (Å²) in [5.41, 5.74) is 2.12. The Balaban J connectivity index is 1.69. The van der Waals surface area contributed by atoms with Crippen LogP contribution < -0.4 is 4.80 Å². The van der Waals surface area contributed by atoms with Crippen LogP contribution in [0.25, 0.3) is 10.2 Å². The highest BCUT2D eigenvalue weighted by Gasteiger charge is 2.39. The number of amides is 1. The number of aromatic nitrogens is 1. The van der Waals surface area contributed by atoms with Gasteiger partial charge in [-0.1, -0.05) is 29.0 Å². The van der Waals surface area contributed by atoms with Gasteiger partial charge in [0.15, 0.2) is 4.80 Å². The lowest BCUT2D eigenvalue weighted by molar-refractivity contribution is -0.121. The first-order chi connectivity index (χ1) is 13.8. The Kier molecular flexibility index (Phi) is 5.37. The maximum atomic E-state index is 13.0. The zero-order chi connectivity index (χ0) is 20.8. The lowest BCUT2D eigenvalue weighted by Crippen LogP contribution is -2.40. The molecule has 6 nitrogen and oxygen atoms in total. The first-order valence-electron chi connectivity index (χ1n) is 9.19. The first kappa shape index (κ1) is 20.3. The third-order valence-corrected chi connectivity index (χ3v) is 8.35. The van der Waals surface area contributed by atoms with Crippen molar-refractivity contribution < 1.29 is 13.2 Å². The zero-order valence-electron chi connectivity index (χ0n) is 16.0. The summed E-state index contributed by atoms with van der Waals surface area (Å²) < 4.78 is 30.3. The van der Waals surface area contributed by atoms with Crippen LogP contribution >= 0.6 is 22.9 Å². The van der Waals surface area contributed by atoms with E-state index in [1.165, 1.54) is 39.9 Å². The molecule has 1 amide bonds. The van der Waals surface area contributed by atoms with Gasteiger partial charge in [-0.3, -0.25) is 4.79 Å². The molecule has 1 atom stereocenters. The molecule has 0 aliphatic carbocycles. The van der Waals surface area contributed by atoms with Gasteiger partial charge in [0.25, 0.3) is 5.91 Å². The van der Waals surface area contributed by atoms with Crippen molar-refractivity contribution in [3.8, 4) is 0 Å². The van der Waals surface area contributed by atoms with Crippen LogP contribution in [0, 0.1) is 6.92 Å². The minimum atomic E-state index is -3.79. The highest BCUT2D eigenvalue weighted by atomic mass is 35.5. The van der Waals surface area contributed by atoms with Crippen molar-refractivity contribution in [3.63, 3.8) is 0 Å². The maximum Gasteiger partial charge on any atom is 0.266 e. The van der Waals surface area contributed by atoms with Gasteiger partial charge in [0.05, 0.1) is 15.1 Å². The average molecular weight is 450 g/mol. The van der Waals surface area contributed by atoms with Gasteiger partial charge in [-0.15, -0.1) is 0 Å². The van der Waals surface area contributed by atoms with E-state index in [0.29, 0.717) is 29.2 Å². The number of nitrogens with zero attached hydrogens (tertiary/aromatic N) is 3. The van der Waals surface area contributed by atoms with Crippen LogP contribution in [0.1, 0.15) is 18.4 Å². The molecule has 0 spiro atoms. The Morgan fingerprint density at radius 3 is 2.66 bits per heavy atom. The van der Waals surface area contributed by atoms with Crippen LogP contribution in [0.4, 0.5) is 0 Å². The molecule has 0 N–H and O–H groups in total. The summed E-state index contributed by atoms with van der Waals surface area (Å²) in [5.74, 6) is -0.432. The van der Waals surface area contributed by atoms with Gasteiger partial charge >= 0.3 is 0 Å². The Bertz CT molecular complexity index is 1260. The molecular weight excluding hydrogens is 430 g/mol. The summed E-state index contributed by atoms with van der Waals surface area (Å²) in [6.07, 6.45) is 1.08. The third kappa shape index (κ3) is 3.77. The van der Waals surface area contributed by atoms with E-state index in [2.05, 4.69) is 11.1 Å². The van der Waals surface area contributed by atoms with Gasteiger partial charge in [0.2, 0.25) is 10.0 Å². The van der Waals surface area contributed by atoms with E-state index in [-0.39, 0.29) is 4.90 Å². The Labute approximate surface area is 178 Å². The van der Waals surface area contributed by atoms with E-state index in [9.17, 15) is 13.2 Å². The van der Waals surface area contributed by atoms with E-state index in [1.54, 1.807) is 0 Å². The summed E-state index contributed by atoms with van der Waals surface area (Å²) in [6.45, 7) is 2.31. The van der Waals surface area contributed by atoms with E-state index in [4.69, 9.17) is 11.6 Å². The second kappa shape index (κ2) is 7.68. The fraction of sp³-hybridized carbons (Fsp3) is 0.300. The smallest absolute Gasteiger partial charge is 0.266 e. The molecular formula is C20H20ClN3O3S2. The van der Waals surface area contributed by atoms with Gasteiger partial charge < -0.3 is 4.57 Å². The molecule has 0 bridgehead atoms. The number of thiazole rings is 1. The van der Waals surface area contributed by atoms with Gasteiger partial charge in [-0.05, 0) is 61.7 Å². The summed E-state index contributed by atoms with van der Waals surface area (Å²) in [7, 11) is -1.93. The standard InChI is InChI=1S/C20H20ClN3O3S2/c1-13-5-10-16-18(12-13)28-20(23(16)2)22-19(25)17-4-3-11-24(17)29(26,27)15-8-6-14(21)7-9-15/h5-10,12,17H,3-4,11H2,1-2H3. The van der Waals surface area contributed by atoms with Crippen LogP contribution in [0.3, 0.4) is 0 Å². The van der Waals surface area contributed by atoms with Crippen molar-refractivity contribution in [2.45, 2.75) is 30.7 Å². The molecule has 1 saturated heterocycles. The molecule has 3 aromatic rings. The minimum Gasteiger partial charge on any atom is -0.319 e. The van der Waals surface area contributed by atoms with E-state index < -0.39 is 22.0 Å². The minimum absolute atomic E-state index is 0.129. The molecule has 2 aromatic carbocycles. The number of aryl methyl sites for hydroxylation is 2. The molecule has 1 aliphatic heterocycles. The monoisotopic (exact) mass is 449 g/mol. The SMILES string of the molecule is Cc1ccc2c(c1)sc(=NC(=O)C1CCCN1S(=O)(=O)c1ccc(Cl)cc1)n2C. The number of benzene rings is 2. The van der Waals surface area contributed by atoms with Crippen molar-refractivity contribution in [1.82, 2.24) is 8.87 Å². The highest BCUT2D eigenvalue weighted by Crippen LogP contribution is 2.27. The largest absolute Gasteiger partial charge is 0.319 e. The predicted molar refractivity (Wildman–Crippen MR) is 114 cm³/mol. The summed E-state index contributed by atoms with van der Waals surface area (Å²) in [4.78, 5) is 17.9. The molecule has 1 unspecified atom stereocenters. The number of fused-ring (bicyclic) bond motifs is 1. The topological polar surface area (TPSA) is 71.7 Å². The van der Waals surface area contributed by atoms with Crippen LogP contribution in [0.5, 0.6) is 0 Å². The second-order valence-electron chi connectivity index (χ2n) is 7.09. The number of rotatable bonds is 3. The van der Waals surface area contributed by atoms with Crippen LogP contribution in [0.15, 0.2) is 52.4 Å². The first-order valence-corrected chi connectivity index (χ1v) is 11.8. The normalized spacial score (nSPS) is 18.6. The Morgan fingerprint density at radius 1 is 1.21 bits per heavy atom. The van der Waals surface area contributed by atoms with Crippen molar-refractivity contribution in [2.24, 2.45) is 12.0 Å². The van der Waals surface area contributed by atoms with Gasteiger partial charge in [-0.25, -0.2) is 8.42 Å².